The minimum absolute atomic E-state index is 0.174. The highest BCUT2D eigenvalue weighted by Crippen LogP contribution is 2.26. The highest BCUT2D eigenvalue weighted by Gasteiger charge is 2.22. The van der Waals surface area contributed by atoms with Crippen LogP contribution in [0.1, 0.15) is 30.0 Å². The molecule has 8 heteroatoms. The van der Waals surface area contributed by atoms with E-state index in [1.165, 1.54) is 13.2 Å². The molecule has 2 aromatic carbocycles. The summed E-state index contributed by atoms with van der Waals surface area (Å²) in [5.74, 6) is 0.683. The number of nitrogens with one attached hydrogen (secondary N) is 1. The molecule has 0 aromatic heterocycles. The lowest BCUT2D eigenvalue weighted by atomic mass is 9.99. The molecule has 156 valence electrons. The number of benzene rings is 2. The van der Waals surface area contributed by atoms with Gasteiger partial charge in [0, 0.05) is 18.8 Å². The van der Waals surface area contributed by atoms with E-state index in [0.717, 1.165) is 23.1 Å². The number of hydrogen-bond acceptors (Lipinski definition) is 5. The molecule has 0 saturated carbocycles. The fourth-order valence-corrected chi connectivity index (χ4v) is 4.42. The maximum Gasteiger partial charge on any atom is 0.409 e. The predicted molar refractivity (Wildman–Crippen MR) is 111 cm³/mol. The molecule has 1 heterocycles. The third-order valence-electron chi connectivity index (χ3n) is 4.82. The Morgan fingerprint density at radius 2 is 1.97 bits per heavy atom. The monoisotopic (exact) mass is 418 g/mol. The highest BCUT2D eigenvalue weighted by atomic mass is 32.2. The van der Waals surface area contributed by atoms with Crippen molar-refractivity contribution in [1.82, 2.24) is 4.90 Å². The minimum Gasteiger partial charge on any atom is -0.493 e. The molecular weight excluding hydrogens is 392 g/mol. The standard InChI is InChI=1S/C21H26N2O5S/c1-4-11-28-20-8-7-19(12-15(20)2)29(25,26)22-18-6-5-16-9-10-23(21(24)27-3)14-17(16)13-18/h5-8,12-13,22H,4,9-11,14H2,1-3H3. The van der Waals surface area contributed by atoms with Gasteiger partial charge in [0.25, 0.3) is 10.0 Å². The van der Waals surface area contributed by atoms with Crippen molar-refractivity contribution in [3.8, 4) is 5.75 Å². The van der Waals surface area contributed by atoms with Crippen LogP contribution in [0.4, 0.5) is 10.5 Å². The van der Waals surface area contributed by atoms with Crippen LogP contribution in [0.15, 0.2) is 41.3 Å². The van der Waals surface area contributed by atoms with E-state index in [0.29, 0.717) is 37.6 Å². The molecule has 0 spiro atoms. The summed E-state index contributed by atoms with van der Waals surface area (Å²) in [7, 11) is -2.39. The summed E-state index contributed by atoms with van der Waals surface area (Å²) in [6.45, 7) is 5.39. The highest BCUT2D eigenvalue weighted by molar-refractivity contribution is 7.92. The molecule has 1 amide bonds. The van der Waals surface area contributed by atoms with Crippen LogP contribution in [0.5, 0.6) is 5.75 Å². The number of carbonyl (C=O) groups is 1. The third-order valence-corrected chi connectivity index (χ3v) is 6.20. The zero-order chi connectivity index (χ0) is 21.0. The maximum absolute atomic E-state index is 12.8. The Morgan fingerprint density at radius 1 is 1.17 bits per heavy atom. The van der Waals surface area contributed by atoms with Gasteiger partial charge in [-0.2, -0.15) is 0 Å². The quantitative estimate of drug-likeness (QED) is 0.773. The average molecular weight is 419 g/mol. The number of hydrogen-bond donors (Lipinski definition) is 1. The van der Waals surface area contributed by atoms with Crippen molar-refractivity contribution < 1.29 is 22.7 Å². The molecule has 1 aliphatic rings. The van der Waals surface area contributed by atoms with Crippen molar-refractivity contribution in [2.24, 2.45) is 0 Å². The van der Waals surface area contributed by atoms with E-state index in [1.54, 1.807) is 29.2 Å². The predicted octanol–water partition coefficient (Wildman–Crippen LogP) is 3.71. The number of amides is 1. The zero-order valence-electron chi connectivity index (χ0n) is 16.9. The van der Waals surface area contributed by atoms with Crippen LogP contribution in [0, 0.1) is 6.92 Å². The number of carbonyl (C=O) groups excluding carboxylic acids is 1. The molecule has 2 aromatic rings. The molecule has 0 unspecified atom stereocenters. The van der Waals surface area contributed by atoms with E-state index in [1.807, 2.05) is 19.9 Å². The normalized spacial score (nSPS) is 13.6. The van der Waals surface area contributed by atoms with Crippen molar-refractivity contribution in [2.45, 2.75) is 38.1 Å². The van der Waals surface area contributed by atoms with Crippen molar-refractivity contribution in [3.63, 3.8) is 0 Å². The second kappa shape index (κ2) is 8.73. The Bertz CT molecular complexity index is 1000. The summed E-state index contributed by atoms with van der Waals surface area (Å²) >= 11 is 0. The van der Waals surface area contributed by atoms with Crippen LogP contribution >= 0.6 is 0 Å². The van der Waals surface area contributed by atoms with E-state index < -0.39 is 10.0 Å². The first-order valence-corrected chi connectivity index (χ1v) is 11.0. The second-order valence-corrected chi connectivity index (χ2v) is 8.69. The molecule has 1 N–H and O–H groups in total. The Hall–Kier alpha value is -2.74. The molecule has 0 fully saturated rings. The van der Waals surface area contributed by atoms with E-state index in [2.05, 4.69) is 4.72 Å². The van der Waals surface area contributed by atoms with Crippen LogP contribution in [0.25, 0.3) is 0 Å². The molecule has 0 saturated heterocycles. The lowest BCUT2D eigenvalue weighted by molar-refractivity contribution is 0.118. The fraction of sp³-hybridized carbons (Fsp3) is 0.381. The van der Waals surface area contributed by atoms with E-state index in [9.17, 15) is 13.2 Å². The van der Waals surface area contributed by atoms with Crippen molar-refractivity contribution in [2.75, 3.05) is 25.0 Å². The van der Waals surface area contributed by atoms with Gasteiger partial charge in [0.05, 0.1) is 18.6 Å². The largest absolute Gasteiger partial charge is 0.493 e. The van der Waals surface area contributed by atoms with Gasteiger partial charge in [-0.1, -0.05) is 13.0 Å². The van der Waals surface area contributed by atoms with Gasteiger partial charge in [-0.25, -0.2) is 13.2 Å². The number of sulfonamides is 1. The number of anilines is 1. The number of ether oxygens (including phenoxy) is 2. The summed E-state index contributed by atoms with van der Waals surface area (Å²) in [6, 6.07) is 10.2. The molecule has 7 nitrogen and oxygen atoms in total. The Morgan fingerprint density at radius 3 is 2.66 bits per heavy atom. The van der Waals surface area contributed by atoms with Gasteiger partial charge >= 0.3 is 6.09 Å². The first-order chi connectivity index (χ1) is 13.8. The number of rotatable bonds is 6. The Balaban J connectivity index is 1.79. The number of aryl methyl sites for hydroxylation is 1. The van der Waals surface area contributed by atoms with Gasteiger partial charge in [0.2, 0.25) is 0 Å². The van der Waals surface area contributed by atoms with Crippen LogP contribution in [-0.4, -0.2) is 39.7 Å². The van der Waals surface area contributed by atoms with Crippen LogP contribution < -0.4 is 9.46 Å². The van der Waals surface area contributed by atoms with Crippen LogP contribution in [0.2, 0.25) is 0 Å². The van der Waals surface area contributed by atoms with Crippen molar-refractivity contribution >= 4 is 21.8 Å². The number of fused-ring (bicyclic) bond motifs is 1. The summed E-state index contributed by atoms with van der Waals surface area (Å²) < 4.78 is 38.7. The number of methoxy groups -OCH3 is 1. The first kappa shape index (κ1) is 21.0. The van der Waals surface area contributed by atoms with E-state index in [4.69, 9.17) is 9.47 Å². The molecule has 0 aliphatic carbocycles. The maximum atomic E-state index is 12.8. The second-order valence-electron chi connectivity index (χ2n) is 7.01. The lowest BCUT2D eigenvalue weighted by Gasteiger charge is -2.28. The molecule has 29 heavy (non-hydrogen) atoms. The Kier molecular flexibility index (Phi) is 6.32. The van der Waals surface area contributed by atoms with E-state index in [-0.39, 0.29) is 11.0 Å². The first-order valence-electron chi connectivity index (χ1n) is 9.55. The van der Waals surface area contributed by atoms with Crippen molar-refractivity contribution in [1.29, 1.82) is 0 Å². The van der Waals surface area contributed by atoms with Gasteiger partial charge in [0.1, 0.15) is 5.75 Å². The van der Waals surface area contributed by atoms with Gasteiger partial charge in [-0.05, 0) is 66.8 Å². The zero-order valence-corrected chi connectivity index (χ0v) is 17.7. The molecular formula is C21H26N2O5S. The smallest absolute Gasteiger partial charge is 0.409 e. The average Bonchev–Trinajstić information content (AvgIpc) is 2.71. The molecule has 3 rings (SSSR count). The van der Waals surface area contributed by atoms with Gasteiger partial charge in [0.15, 0.2) is 0 Å². The number of nitrogens with zero attached hydrogens (tertiary/aromatic N) is 1. The molecule has 1 aliphatic heterocycles. The SMILES string of the molecule is CCCOc1ccc(S(=O)(=O)Nc2ccc3c(c2)CN(C(=O)OC)CC3)cc1C. The molecule has 0 atom stereocenters. The Labute approximate surface area is 171 Å². The summed E-state index contributed by atoms with van der Waals surface area (Å²) in [5.41, 5.74) is 3.22. The molecule has 0 bridgehead atoms. The van der Waals surface area contributed by atoms with Gasteiger partial charge < -0.3 is 14.4 Å². The van der Waals surface area contributed by atoms with Crippen LogP contribution in [0.3, 0.4) is 0 Å². The van der Waals surface area contributed by atoms with Gasteiger partial charge in [-0.15, -0.1) is 0 Å². The third kappa shape index (κ3) is 4.82. The minimum atomic E-state index is -3.74. The van der Waals surface area contributed by atoms with Crippen molar-refractivity contribution in [3.05, 3.63) is 53.1 Å². The van der Waals surface area contributed by atoms with E-state index >= 15 is 0 Å². The summed E-state index contributed by atoms with van der Waals surface area (Å²) in [6.07, 6.45) is 1.20. The summed E-state index contributed by atoms with van der Waals surface area (Å²) in [4.78, 5) is 13.6. The summed E-state index contributed by atoms with van der Waals surface area (Å²) in [5, 5.41) is 0. The fourth-order valence-electron chi connectivity index (χ4n) is 3.28. The molecule has 0 radical (unpaired) electrons. The van der Waals surface area contributed by atoms with Crippen LogP contribution in [-0.2, 0) is 27.7 Å². The lowest BCUT2D eigenvalue weighted by Crippen LogP contribution is -2.35. The topological polar surface area (TPSA) is 84.9 Å². The van der Waals surface area contributed by atoms with Gasteiger partial charge in [-0.3, -0.25) is 4.72 Å².